The van der Waals surface area contributed by atoms with Crippen LogP contribution in [-0.2, 0) is 20.7 Å². The zero-order chi connectivity index (χ0) is 14.6. The topological polar surface area (TPSA) is 55.4 Å². The van der Waals surface area contributed by atoms with Gasteiger partial charge in [-0.3, -0.25) is 4.79 Å². The van der Waals surface area contributed by atoms with E-state index in [1.807, 2.05) is 0 Å². The average molecular weight is 288 g/mol. The molecule has 0 heterocycles. The molecule has 1 rings (SSSR count). The van der Waals surface area contributed by atoms with Crippen LogP contribution in [0.4, 0.5) is 4.39 Å². The molecule has 0 radical (unpaired) electrons. The highest BCUT2D eigenvalue weighted by Gasteiger charge is 2.30. The number of nitrogens with one attached hydrogen (secondary N) is 1. The van der Waals surface area contributed by atoms with Gasteiger partial charge in [0.1, 0.15) is 11.4 Å². The molecule has 1 aromatic carbocycles. The van der Waals surface area contributed by atoms with Crippen LogP contribution in [0, 0.1) is 5.82 Å². The molecule has 19 heavy (non-hydrogen) atoms. The molecule has 6 heteroatoms. The number of ether oxygens (including phenoxy) is 1. The van der Waals surface area contributed by atoms with Gasteiger partial charge in [0.15, 0.2) is 0 Å². The van der Waals surface area contributed by atoms with Gasteiger partial charge in [0.2, 0.25) is 5.91 Å². The van der Waals surface area contributed by atoms with Crippen LogP contribution in [-0.4, -0.2) is 24.5 Å². The van der Waals surface area contributed by atoms with Crippen LogP contribution in [0.2, 0.25) is 5.02 Å². The number of hydrogen-bond acceptors (Lipinski definition) is 3. The molecule has 0 bridgehead atoms. The van der Waals surface area contributed by atoms with Crippen LogP contribution < -0.4 is 5.32 Å². The summed E-state index contributed by atoms with van der Waals surface area (Å²) in [5.74, 6) is -1.65. The molecule has 0 aliphatic heterocycles. The molecule has 0 aliphatic rings. The summed E-state index contributed by atoms with van der Waals surface area (Å²) in [5, 5.41) is 2.64. The molecule has 0 aliphatic carbocycles. The second-order valence-corrected chi connectivity index (χ2v) is 4.95. The Balaban J connectivity index is 2.79. The van der Waals surface area contributed by atoms with Crippen molar-refractivity contribution in [3.63, 3.8) is 0 Å². The van der Waals surface area contributed by atoms with E-state index in [0.717, 1.165) is 0 Å². The van der Waals surface area contributed by atoms with Crippen LogP contribution in [0.5, 0.6) is 0 Å². The van der Waals surface area contributed by atoms with Crippen molar-refractivity contribution in [2.45, 2.75) is 25.8 Å². The molecule has 0 fully saturated rings. The van der Waals surface area contributed by atoms with Gasteiger partial charge in [-0.15, -0.1) is 0 Å². The van der Waals surface area contributed by atoms with E-state index in [-0.39, 0.29) is 17.0 Å². The van der Waals surface area contributed by atoms with Gasteiger partial charge in [-0.2, -0.15) is 0 Å². The standard InChI is InChI=1S/C13H15ClFNO3/c1-13(2,12(18)19-3)16-11(17)7-8-9(14)5-4-6-10(8)15/h4-6H,7H2,1-3H3,(H,16,17). The first kappa shape index (κ1) is 15.4. The summed E-state index contributed by atoms with van der Waals surface area (Å²) >= 11 is 5.82. The molecule has 4 nitrogen and oxygen atoms in total. The van der Waals surface area contributed by atoms with Crippen LogP contribution in [0.3, 0.4) is 0 Å². The molecule has 1 N–H and O–H groups in total. The molecule has 104 valence electrons. The highest BCUT2D eigenvalue weighted by Crippen LogP contribution is 2.19. The molecule has 0 unspecified atom stereocenters. The minimum absolute atomic E-state index is 0.0994. The van der Waals surface area contributed by atoms with Gasteiger partial charge >= 0.3 is 5.97 Å². The second kappa shape index (κ2) is 6.02. The van der Waals surface area contributed by atoms with Crippen molar-refractivity contribution in [2.24, 2.45) is 0 Å². The summed E-state index contributed by atoms with van der Waals surface area (Å²) in [6.45, 7) is 3.00. The maximum Gasteiger partial charge on any atom is 0.330 e. The van der Waals surface area contributed by atoms with Crippen molar-refractivity contribution in [2.75, 3.05) is 7.11 Å². The molecular weight excluding hydrogens is 273 g/mol. The number of carbonyl (C=O) groups excluding carboxylic acids is 2. The lowest BCUT2D eigenvalue weighted by Crippen LogP contribution is -2.50. The fraction of sp³-hybridized carbons (Fsp3) is 0.385. The summed E-state index contributed by atoms with van der Waals surface area (Å²) in [7, 11) is 1.23. The number of hydrogen-bond donors (Lipinski definition) is 1. The lowest BCUT2D eigenvalue weighted by molar-refractivity contribution is -0.149. The minimum Gasteiger partial charge on any atom is -0.467 e. The van der Waals surface area contributed by atoms with Gasteiger partial charge in [0.25, 0.3) is 0 Å². The summed E-state index contributed by atoms with van der Waals surface area (Å²) < 4.78 is 18.1. The Labute approximate surface area is 115 Å². The smallest absolute Gasteiger partial charge is 0.330 e. The first-order chi connectivity index (χ1) is 8.77. The van der Waals surface area contributed by atoms with Crippen molar-refractivity contribution in [1.29, 1.82) is 0 Å². The Morgan fingerprint density at radius 2 is 2.05 bits per heavy atom. The SMILES string of the molecule is COC(=O)C(C)(C)NC(=O)Cc1c(F)cccc1Cl. The van der Waals surface area contributed by atoms with E-state index in [2.05, 4.69) is 10.1 Å². The number of halogens is 2. The zero-order valence-electron chi connectivity index (χ0n) is 10.9. The summed E-state index contributed by atoms with van der Waals surface area (Å²) in [6.07, 6.45) is -0.244. The van der Waals surface area contributed by atoms with Gasteiger partial charge in [0.05, 0.1) is 13.5 Å². The number of carbonyl (C=O) groups is 2. The third-order valence-electron chi connectivity index (χ3n) is 2.55. The van der Waals surface area contributed by atoms with Crippen LogP contribution in [0.25, 0.3) is 0 Å². The van der Waals surface area contributed by atoms with E-state index >= 15 is 0 Å². The second-order valence-electron chi connectivity index (χ2n) is 4.54. The highest BCUT2D eigenvalue weighted by atomic mass is 35.5. The van der Waals surface area contributed by atoms with E-state index in [1.165, 1.54) is 39.2 Å². The Morgan fingerprint density at radius 3 is 2.58 bits per heavy atom. The first-order valence-electron chi connectivity index (χ1n) is 5.60. The first-order valence-corrected chi connectivity index (χ1v) is 5.98. The fourth-order valence-electron chi connectivity index (χ4n) is 1.56. The fourth-order valence-corrected chi connectivity index (χ4v) is 1.79. The van der Waals surface area contributed by atoms with Crippen molar-refractivity contribution < 1.29 is 18.7 Å². The van der Waals surface area contributed by atoms with Gasteiger partial charge in [0, 0.05) is 10.6 Å². The van der Waals surface area contributed by atoms with Crippen molar-refractivity contribution in [1.82, 2.24) is 5.32 Å². The lowest BCUT2D eigenvalue weighted by atomic mass is 10.0. The Hall–Kier alpha value is -1.62. The Kier molecular flexibility index (Phi) is 4.89. The Morgan fingerprint density at radius 1 is 1.42 bits per heavy atom. The summed E-state index contributed by atoms with van der Waals surface area (Å²) in [6, 6.07) is 4.18. The van der Waals surface area contributed by atoms with E-state index < -0.39 is 23.2 Å². The van der Waals surface area contributed by atoms with Gasteiger partial charge < -0.3 is 10.1 Å². The molecular formula is C13H15ClFNO3. The maximum absolute atomic E-state index is 13.5. The predicted octanol–water partition coefficient (Wildman–Crippen LogP) is 2.09. The van der Waals surface area contributed by atoms with Crippen LogP contribution in [0.1, 0.15) is 19.4 Å². The predicted molar refractivity (Wildman–Crippen MR) is 69.4 cm³/mol. The average Bonchev–Trinajstić information content (AvgIpc) is 2.32. The van der Waals surface area contributed by atoms with E-state index in [4.69, 9.17) is 11.6 Å². The largest absolute Gasteiger partial charge is 0.467 e. The van der Waals surface area contributed by atoms with Crippen molar-refractivity contribution >= 4 is 23.5 Å². The van der Waals surface area contributed by atoms with E-state index in [1.54, 1.807) is 0 Å². The normalized spacial score (nSPS) is 11.0. The van der Waals surface area contributed by atoms with Crippen LogP contribution in [0.15, 0.2) is 18.2 Å². The number of benzene rings is 1. The van der Waals surface area contributed by atoms with E-state index in [0.29, 0.717) is 0 Å². The molecule has 0 saturated heterocycles. The number of amides is 1. The molecule has 1 aromatic rings. The quantitative estimate of drug-likeness (QED) is 0.863. The van der Waals surface area contributed by atoms with Gasteiger partial charge in [-0.1, -0.05) is 17.7 Å². The Bertz CT molecular complexity index is 482. The molecule has 1 amide bonds. The van der Waals surface area contributed by atoms with Crippen LogP contribution >= 0.6 is 11.6 Å². The third kappa shape index (κ3) is 3.92. The minimum atomic E-state index is -1.18. The summed E-state index contributed by atoms with van der Waals surface area (Å²) in [5.41, 5.74) is -1.08. The van der Waals surface area contributed by atoms with E-state index in [9.17, 15) is 14.0 Å². The number of methoxy groups -OCH3 is 1. The highest BCUT2D eigenvalue weighted by molar-refractivity contribution is 6.31. The van der Waals surface area contributed by atoms with Gasteiger partial charge in [-0.05, 0) is 26.0 Å². The zero-order valence-corrected chi connectivity index (χ0v) is 11.7. The van der Waals surface area contributed by atoms with Gasteiger partial charge in [-0.25, -0.2) is 9.18 Å². The number of rotatable bonds is 4. The maximum atomic E-state index is 13.5. The van der Waals surface area contributed by atoms with Crippen molar-refractivity contribution in [3.8, 4) is 0 Å². The number of esters is 1. The summed E-state index contributed by atoms with van der Waals surface area (Å²) in [4.78, 5) is 23.2. The third-order valence-corrected chi connectivity index (χ3v) is 2.90. The lowest BCUT2D eigenvalue weighted by Gasteiger charge is -2.23. The molecule has 0 aromatic heterocycles. The molecule has 0 atom stereocenters. The molecule has 0 saturated carbocycles. The monoisotopic (exact) mass is 287 g/mol. The van der Waals surface area contributed by atoms with Crippen molar-refractivity contribution in [3.05, 3.63) is 34.6 Å². The molecule has 0 spiro atoms.